The van der Waals surface area contributed by atoms with Gasteiger partial charge < -0.3 is 10.4 Å². The SMILES string of the molecule is CCC(CO)C(C)NC. The predicted octanol–water partition coefficient (Wildman–Crippen LogP) is 0.613. The molecule has 0 radical (unpaired) electrons. The Morgan fingerprint density at radius 1 is 1.56 bits per heavy atom. The van der Waals surface area contributed by atoms with Crippen molar-refractivity contribution in [3.63, 3.8) is 0 Å². The van der Waals surface area contributed by atoms with E-state index in [0.717, 1.165) is 6.42 Å². The molecule has 2 atom stereocenters. The lowest BCUT2D eigenvalue weighted by atomic mass is 10.00. The molecule has 0 aromatic rings. The summed E-state index contributed by atoms with van der Waals surface area (Å²) in [6, 6.07) is 0.431. The number of aliphatic hydroxyl groups excluding tert-OH is 1. The summed E-state index contributed by atoms with van der Waals surface area (Å²) in [4.78, 5) is 0. The Kier molecular flexibility index (Phi) is 4.72. The molecule has 9 heavy (non-hydrogen) atoms. The van der Waals surface area contributed by atoms with Crippen LogP contribution in [0.2, 0.25) is 0 Å². The average Bonchev–Trinajstić information content (AvgIpc) is 1.90. The number of aliphatic hydroxyl groups is 1. The molecule has 2 N–H and O–H groups in total. The van der Waals surface area contributed by atoms with Gasteiger partial charge in [0, 0.05) is 12.6 Å². The van der Waals surface area contributed by atoms with Crippen LogP contribution in [0, 0.1) is 5.92 Å². The van der Waals surface area contributed by atoms with Gasteiger partial charge in [-0.15, -0.1) is 0 Å². The molecular weight excluding hydrogens is 114 g/mol. The first kappa shape index (κ1) is 8.92. The first-order chi connectivity index (χ1) is 4.26. The van der Waals surface area contributed by atoms with Crippen molar-refractivity contribution in [1.29, 1.82) is 0 Å². The zero-order chi connectivity index (χ0) is 7.28. The lowest BCUT2D eigenvalue weighted by molar-refractivity contribution is 0.194. The summed E-state index contributed by atoms with van der Waals surface area (Å²) in [5, 5.41) is 11.9. The Labute approximate surface area is 57.3 Å². The van der Waals surface area contributed by atoms with Crippen LogP contribution < -0.4 is 5.32 Å². The quantitative estimate of drug-likeness (QED) is 0.586. The maximum atomic E-state index is 8.79. The van der Waals surface area contributed by atoms with E-state index in [-0.39, 0.29) is 0 Å². The Hall–Kier alpha value is -0.0800. The van der Waals surface area contributed by atoms with Gasteiger partial charge in [-0.2, -0.15) is 0 Å². The van der Waals surface area contributed by atoms with Crippen LogP contribution in [0.3, 0.4) is 0 Å². The van der Waals surface area contributed by atoms with E-state index in [0.29, 0.717) is 18.6 Å². The topological polar surface area (TPSA) is 32.3 Å². The van der Waals surface area contributed by atoms with Crippen molar-refractivity contribution in [3.05, 3.63) is 0 Å². The predicted molar refractivity (Wildman–Crippen MR) is 39.4 cm³/mol. The Morgan fingerprint density at radius 3 is 2.22 bits per heavy atom. The van der Waals surface area contributed by atoms with Crippen molar-refractivity contribution in [2.24, 2.45) is 5.92 Å². The van der Waals surface area contributed by atoms with Crippen molar-refractivity contribution in [1.82, 2.24) is 5.32 Å². The smallest absolute Gasteiger partial charge is 0.0473 e. The van der Waals surface area contributed by atoms with Crippen LogP contribution in [0.4, 0.5) is 0 Å². The molecule has 0 aliphatic heterocycles. The van der Waals surface area contributed by atoms with Gasteiger partial charge in [-0.25, -0.2) is 0 Å². The first-order valence-corrected chi connectivity index (χ1v) is 3.54. The minimum absolute atomic E-state index is 0.290. The molecule has 0 amide bonds. The second-order valence-corrected chi connectivity index (χ2v) is 2.43. The summed E-state index contributed by atoms with van der Waals surface area (Å²) in [6.07, 6.45) is 1.04. The maximum absolute atomic E-state index is 8.79. The van der Waals surface area contributed by atoms with Gasteiger partial charge in [0.25, 0.3) is 0 Å². The Bertz CT molecular complexity index is 61.9. The van der Waals surface area contributed by atoms with E-state index in [1.807, 2.05) is 7.05 Å². The normalized spacial score (nSPS) is 17.3. The zero-order valence-corrected chi connectivity index (χ0v) is 6.52. The van der Waals surface area contributed by atoms with Crippen molar-refractivity contribution < 1.29 is 5.11 Å². The highest BCUT2D eigenvalue weighted by Gasteiger charge is 2.10. The van der Waals surface area contributed by atoms with E-state index >= 15 is 0 Å². The third kappa shape index (κ3) is 2.82. The molecular formula is C7H17NO. The molecule has 0 fully saturated rings. The van der Waals surface area contributed by atoms with Crippen LogP contribution in [0.5, 0.6) is 0 Å². The van der Waals surface area contributed by atoms with Crippen LogP contribution in [0.1, 0.15) is 20.3 Å². The van der Waals surface area contributed by atoms with Gasteiger partial charge in [0.1, 0.15) is 0 Å². The van der Waals surface area contributed by atoms with Gasteiger partial charge in [0.15, 0.2) is 0 Å². The van der Waals surface area contributed by atoms with Crippen molar-refractivity contribution in [2.45, 2.75) is 26.3 Å². The molecule has 0 aliphatic rings. The maximum Gasteiger partial charge on any atom is 0.0473 e. The summed E-state index contributed by atoms with van der Waals surface area (Å²) in [7, 11) is 1.92. The molecule has 2 unspecified atom stereocenters. The van der Waals surface area contributed by atoms with Crippen molar-refractivity contribution in [2.75, 3.05) is 13.7 Å². The van der Waals surface area contributed by atoms with E-state index in [9.17, 15) is 0 Å². The fraction of sp³-hybridized carbons (Fsp3) is 1.00. The van der Waals surface area contributed by atoms with Gasteiger partial charge in [0.05, 0.1) is 0 Å². The van der Waals surface area contributed by atoms with Crippen LogP contribution in [-0.2, 0) is 0 Å². The summed E-state index contributed by atoms with van der Waals surface area (Å²) in [5.41, 5.74) is 0. The Balaban J connectivity index is 3.50. The molecule has 0 saturated heterocycles. The zero-order valence-electron chi connectivity index (χ0n) is 6.52. The van der Waals surface area contributed by atoms with Gasteiger partial charge >= 0.3 is 0 Å². The van der Waals surface area contributed by atoms with E-state index in [4.69, 9.17) is 5.11 Å². The highest BCUT2D eigenvalue weighted by Crippen LogP contribution is 2.05. The number of hydrogen-bond acceptors (Lipinski definition) is 2. The molecule has 0 saturated carbocycles. The lowest BCUT2D eigenvalue weighted by Crippen LogP contribution is -2.32. The molecule has 0 aliphatic carbocycles. The van der Waals surface area contributed by atoms with Gasteiger partial charge in [0.2, 0.25) is 0 Å². The van der Waals surface area contributed by atoms with Crippen LogP contribution in [0.25, 0.3) is 0 Å². The minimum atomic E-state index is 0.290. The molecule has 0 bridgehead atoms. The number of nitrogens with one attached hydrogen (secondary N) is 1. The fourth-order valence-corrected chi connectivity index (χ4v) is 0.876. The van der Waals surface area contributed by atoms with Gasteiger partial charge in [-0.3, -0.25) is 0 Å². The monoisotopic (exact) mass is 131 g/mol. The van der Waals surface area contributed by atoms with E-state index < -0.39 is 0 Å². The largest absolute Gasteiger partial charge is 0.396 e. The molecule has 0 spiro atoms. The molecule has 0 aromatic carbocycles. The van der Waals surface area contributed by atoms with Crippen LogP contribution in [0.15, 0.2) is 0 Å². The number of rotatable bonds is 4. The van der Waals surface area contributed by atoms with Crippen molar-refractivity contribution in [3.8, 4) is 0 Å². The third-order valence-electron chi connectivity index (χ3n) is 1.92. The molecule has 2 heteroatoms. The summed E-state index contributed by atoms with van der Waals surface area (Å²) >= 11 is 0. The Morgan fingerprint density at radius 2 is 2.11 bits per heavy atom. The molecule has 56 valence electrons. The summed E-state index contributed by atoms with van der Waals surface area (Å²) in [5.74, 6) is 0.412. The standard InChI is InChI=1S/C7H17NO/c1-4-7(5-9)6(2)8-3/h6-9H,4-5H2,1-3H3. The second-order valence-electron chi connectivity index (χ2n) is 2.43. The van der Waals surface area contributed by atoms with E-state index in [2.05, 4.69) is 19.2 Å². The van der Waals surface area contributed by atoms with Gasteiger partial charge in [-0.1, -0.05) is 6.92 Å². The highest BCUT2D eigenvalue weighted by atomic mass is 16.3. The molecule has 0 rings (SSSR count). The second kappa shape index (κ2) is 4.77. The molecule has 0 heterocycles. The first-order valence-electron chi connectivity index (χ1n) is 3.54. The van der Waals surface area contributed by atoms with E-state index in [1.165, 1.54) is 0 Å². The summed E-state index contributed by atoms with van der Waals surface area (Å²) < 4.78 is 0. The number of hydrogen-bond donors (Lipinski definition) is 2. The molecule has 2 nitrogen and oxygen atoms in total. The third-order valence-corrected chi connectivity index (χ3v) is 1.92. The van der Waals surface area contributed by atoms with Crippen LogP contribution in [-0.4, -0.2) is 24.8 Å². The van der Waals surface area contributed by atoms with Crippen molar-refractivity contribution >= 4 is 0 Å². The summed E-state index contributed by atoms with van der Waals surface area (Å²) in [6.45, 7) is 4.47. The lowest BCUT2D eigenvalue weighted by Gasteiger charge is -2.18. The average molecular weight is 131 g/mol. The fourth-order valence-electron chi connectivity index (χ4n) is 0.876. The minimum Gasteiger partial charge on any atom is -0.396 e. The van der Waals surface area contributed by atoms with E-state index in [1.54, 1.807) is 0 Å². The highest BCUT2D eigenvalue weighted by molar-refractivity contribution is 4.67. The van der Waals surface area contributed by atoms with Crippen LogP contribution >= 0.6 is 0 Å². The molecule has 0 aromatic heterocycles. The van der Waals surface area contributed by atoms with Gasteiger partial charge in [-0.05, 0) is 26.3 Å².